The summed E-state index contributed by atoms with van der Waals surface area (Å²) in [5, 5.41) is 20.7. The lowest BCUT2D eigenvalue weighted by Gasteiger charge is -2.16. The van der Waals surface area contributed by atoms with Gasteiger partial charge in [0, 0.05) is 28.6 Å². The lowest BCUT2D eigenvalue weighted by molar-refractivity contribution is -0.384. The number of benzene rings is 3. The van der Waals surface area contributed by atoms with E-state index < -0.39 is 22.4 Å². The highest BCUT2D eigenvalue weighted by atomic mass is 16.6. The van der Waals surface area contributed by atoms with Crippen LogP contribution in [0.15, 0.2) is 88.8 Å². The number of amides is 1. The standard InChI is InChI=1S/C23H15N5O4/c29-22-21(20(24-25-22)15-10-12-16(13-11-15)28(31)32)27-23(30)18-9-5-4-8-17(18)19(26-27)14-6-2-1-3-7-14/h1-13,21H,(H,25,29). The molecule has 2 heterocycles. The number of fused-ring (bicyclic) bond motifs is 1. The van der Waals surface area contributed by atoms with Crippen LogP contribution >= 0.6 is 0 Å². The molecule has 0 spiro atoms. The van der Waals surface area contributed by atoms with Crippen molar-refractivity contribution in [1.29, 1.82) is 0 Å². The smallest absolute Gasteiger partial charge is 0.270 e. The fourth-order valence-corrected chi connectivity index (χ4v) is 3.76. The fourth-order valence-electron chi connectivity index (χ4n) is 3.76. The van der Waals surface area contributed by atoms with Crippen LogP contribution in [-0.2, 0) is 4.79 Å². The van der Waals surface area contributed by atoms with Crippen molar-refractivity contribution < 1.29 is 9.72 Å². The molecule has 0 bridgehead atoms. The molecule has 1 unspecified atom stereocenters. The number of nitro benzene ring substituents is 1. The Hall–Kier alpha value is -4.66. The van der Waals surface area contributed by atoms with Gasteiger partial charge in [-0.2, -0.15) is 10.2 Å². The van der Waals surface area contributed by atoms with Crippen molar-refractivity contribution in [3.05, 3.63) is 105 Å². The number of hydrogen-bond donors (Lipinski definition) is 1. The molecule has 9 nitrogen and oxygen atoms in total. The Morgan fingerprint density at radius 3 is 2.19 bits per heavy atom. The van der Waals surface area contributed by atoms with Crippen LogP contribution in [0, 0.1) is 10.1 Å². The van der Waals surface area contributed by atoms with Crippen molar-refractivity contribution in [2.45, 2.75) is 6.04 Å². The summed E-state index contributed by atoms with van der Waals surface area (Å²) in [5.41, 5.74) is 3.97. The van der Waals surface area contributed by atoms with E-state index in [0.29, 0.717) is 22.0 Å². The monoisotopic (exact) mass is 425 g/mol. The number of rotatable bonds is 4. The van der Waals surface area contributed by atoms with Gasteiger partial charge < -0.3 is 0 Å². The summed E-state index contributed by atoms with van der Waals surface area (Å²) in [7, 11) is 0. The van der Waals surface area contributed by atoms with E-state index in [-0.39, 0.29) is 11.4 Å². The second kappa shape index (κ2) is 7.55. The van der Waals surface area contributed by atoms with Gasteiger partial charge in [0.15, 0.2) is 6.04 Å². The first kappa shape index (κ1) is 19.3. The van der Waals surface area contributed by atoms with E-state index in [1.54, 1.807) is 12.1 Å². The Kier molecular flexibility index (Phi) is 4.55. The number of carbonyl (C=O) groups excluding carboxylic acids is 1. The van der Waals surface area contributed by atoms with Gasteiger partial charge in [-0.15, -0.1) is 0 Å². The minimum absolute atomic E-state index is 0.0875. The number of hydrazone groups is 1. The summed E-state index contributed by atoms with van der Waals surface area (Å²) >= 11 is 0. The van der Waals surface area contributed by atoms with Crippen LogP contribution in [0.25, 0.3) is 22.0 Å². The third-order valence-electron chi connectivity index (χ3n) is 5.29. The van der Waals surface area contributed by atoms with Crippen LogP contribution in [0.3, 0.4) is 0 Å². The molecule has 0 saturated carbocycles. The first-order valence-corrected chi connectivity index (χ1v) is 9.74. The van der Waals surface area contributed by atoms with E-state index in [2.05, 4.69) is 15.6 Å². The molecule has 4 aromatic rings. The van der Waals surface area contributed by atoms with Crippen molar-refractivity contribution in [2.24, 2.45) is 5.10 Å². The van der Waals surface area contributed by atoms with Crippen LogP contribution in [0.2, 0.25) is 0 Å². The Morgan fingerprint density at radius 1 is 0.844 bits per heavy atom. The number of hydrogen-bond acceptors (Lipinski definition) is 6. The fraction of sp³-hybridized carbons (Fsp3) is 0.0435. The van der Waals surface area contributed by atoms with E-state index in [1.807, 2.05) is 42.5 Å². The van der Waals surface area contributed by atoms with Crippen molar-refractivity contribution in [3.63, 3.8) is 0 Å². The van der Waals surface area contributed by atoms with E-state index in [9.17, 15) is 19.7 Å². The molecule has 1 N–H and O–H groups in total. The molecule has 1 aliphatic heterocycles. The largest absolute Gasteiger partial charge is 0.275 e. The Bertz CT molecular complexity index is 1460. The first-order chi connectivity index (χ1) is 15.5. The highest BCUT2D eigenvalue weighted by Crippen LogP contribution is 2.27. The van der Waals surface area contributed by atoms with Crippen molar-refractivity contribution in [1.82, 2.24) is 15.2 Å². The average molecular weight is 425 g/mol. The predicted molar refractivity (Wildman–Crippen MR) is 118 cm³/mol. The van der Waals surface area contributed by atoms with Gasteiger partial charge in [-0.1, -0.05) is 48.5 Å². The van der Waals surface area contributed by atoms with Crippen LogP contribution in [-0.4, -0.2) is 26.3 Å². The lowest BCUT2D eigenvalue weighted by atomic mass is 10.0. The van der Waals surface area contributed by atoms with Crippen LogP contribution in [0.1, 0.15) is 11.6 Å². The van der Waals surface area contributed by atoms with Crippen molar-refractivity contribution >= 4 is 28.1 Å². The summed E-state index contributed by atoms with van der Waals surface area (Å²) in [6.07, 6.45) is 0. The number of nitro groups is 1. The number of carbonyl (C=O) groups is 1. The molecule has 9 heteroatoms. The van der Waals surface area contributed by atoms with E-state index >= 15 is 0 Å². The molecule has 0 saturated heterocycles. The van der Waals surface area contributed by atoms with Crippen LogP contribution < -0.4 is 11.0 Å². The summed E-state index contributed by atoms with van der Waals surface area (Å²) < 4.78 is 1.13. The molecule has 0 aliphatic carbocycles. The summed E-state index contributed by atoms with van der Waals surface area (Å²) in [4.78, 5) is 36.5. The summed E-state index contributed by atoms with van der Waals surface area (Å²) in [5.74, 6) is -0.512. The Morgan fingerprint density at radius 2 is 1.50 bits per heavy atom. The number of non-ortho nitro benzene ring substituents is 1. The van der Waals surface area contributed by atoms with Gasteiger partial charge in [0.05, 0.1) is 16.0 Å². The zero-order valence-electron chi connectivity index (χ0n) is 16.5. The third kappa shape index (κ3) is 3.12. The molecule has 1 amide bonds. The number of nitrogens with zero attached hydrogens (tertiary/aromatic N) is 4. The van der Waals surface area contributed by atoms with E-state index in [0.717, 1.165) is 10.2 Å². The minimum atomic E-state index is -1.11. The molecule has 1 aromatic heterocycles. The summed E-state index contributed by atoms with van der Waals surface area (Å²) in [6, 6.07) is 21.0. The van der Waals surface area contributed by atoms with Gasteiger partial charge in [0.1, 0.15) is 5.71 Å². The van der Waals surface area contributed by atoms with Crippen LogP contribution in [0.5, 0.6) is 0 Å². The SMILES string of the molecule is O=C1NN=C(c2ccc([N+](=O)[O-])cc2)C1n1nc(-c2ccccc2)c2ccccc2c1=O. The van der Waals surface area contributed by atoms with Crippen molar-refractivity contribution in [2.75, 3.05) is 0 Å². The van der Waals surface area contributed by atoms with Crippen molar-refractivity contribution in [3.8, 4) is 11.3 Å². The minimum Gasteiger partial charge on any atom is -0.270 e. The van der Waals surface area contributed by atoms with Gasteiger partial charge >= 0.3 is 0 Å². The highest BCUT2D eigenvalue weighted by molar-refractivity contribution is 6.18. The van der Waals surface area contributed by atoms with Gasteiger partial charge in [-0.05, 0) is 18.2 Å². The zero-order chi connectivity index (χ0) is 22.2. The van der Waals surface area contributed by atoms with Gasteiger partial charge in [0.2, 0.25) is 0 Å². The molecule has 0 radical (unpaired) electrons. The zero-order valence-corrected chi connectivity index (χ0v) is 16.5. The molecular weight excluding hydrogens is 410 g/mol. The van der Waals surface area contributed by atoms with E-state index in [4.69, 9.17) is 0 Å². The third-order valence-corrected chi connectivity index (χ3v) is 5.29. The van der Waals surface area contributed by atoms with Gasteiger partial charge in [0.25, 0.3) is 17.2 Å². The second-order valence-corrected chi connectivity index (χ2v) is 7.19. The Labute approximate surface area is 180 Å². The molecule has 32 heavy (non-hydrogen) atoms. The number of nitrogens with one attached hydrogen (secondary N) is 1. The number of aromatic nitrogens is 2. The van der Waals surface area contributed by atoms with Crippen LogP contribution in [0.4, 0.5) is 5.69 Å². The normalized spacial score (nSPS) is 15.4. The topological polar surface area (TPSA) is 119 Å². The molecular formula is C23H15N5O4. The first-order valence-electron chi connectivity index (χ1n) is 9.74. The lowest BCUT2D eigenvalue weighted by Crippen LogP contribution is -2.37. The van der Waals surface area contributed by atoms with E-state index in [1.165, 1.54) is 24.3 Å². The predicted octanol–water partition coefficient (Wildman–Crippen LogP) is 3.05. The Balaban J connectivity index is 1.70. The molecule has 5 rings (SSSR count). The molecule has 1 atom stereocenters. The molecule has 156 valence electrons. The second-order valence-electron chi connectivity index (χ2n) is 7.19. The molecule has 0 fully saturated rings. The quantitative estimate of drug-likeness (QED) is 0.398. The highest BCUT2D eigenvalue weighted by Gasteiger charge is 2.35. The average Bonchev–Trinajstić information content (AvgIpc) is 3.21. The molecule has 3 aromatic carbocycles. The summed E-state index contributed by atoms with van der Waals surface area (Å²) in [6.45, 7) is 0. The van der Waals surface area contributed by atoms with Gasteiger partial charge in [-0.3, -0.25) is 19.7 Å². The maximum Gasteiger partial charge on any atom is 0.275 e. The molecule has 1 aliphatic rings. The maximum atomic E-state index is 13.3. The maximum absolute atomic E-state index is 13.3. The van der Waals surface area contributed by atoms with Gasteiger partial charge in [-0.25, -0.2) is 10.1 Å².